The fraction of sp³-hybridized carbons (Fsp3) is 0.429. The number of hydrogen-bond donors (Lipinski definition) is 4. The van der Waals surface area contributed by atoms with Crippen molar-refractivity contribution >= 4 is 11.9 Å². The molecule has 0 saturated heterocycles. The largest absolute Gasteiger partial charge is 0.481 e. The summed E-state index contributed by atoms with van der Waals surface area (Å²) in [4.78, 5) is 20.2. The molecule has 1 atom stereocenters. The molecule has 0 radical (unpaired) electrons. The van der Waals surface area contributed by atoms with Gasteiger partial charge in [0.05, 0.1) is 12.0 Å². The molecule has 5 N–H and O–H groups in total. The van der Waals surface area contributed by atoms with Crippen LogP contribution < -0.4 is 5.73 Å². The summed E-state index contributed by atoms with van der Waals surface area (Å²) >= 11 is 0. The van der Waals surface area contributed by atoms with E-state index in [1.54, 1.807) is 0 Å². The van der Waals surface area contributed by atoms with Gasteiger partial charge in [-0.1, -0.05) is 30.3 Å². The molecule has 0 spiro atoms. The smallest absolute Gasteiger partial charge is 0.320 e. The fourth-order valence-electron chi connectivity index (χ4n) is 1.33. The molecule has 6 heteroatoms. The summed E-state index contributed by atoms with van der Waals surface area (Å²) in [6, 6.07) is 8.54. The van der Waals surface area contributed by atoms with E-state index in [0.29, 0.717) is 6.42 Å². The Morgan fingerprint density at radius 1 is 1.20 bits per heavy atom. The van der Waals surface area contributed by atoms with Crippen molar-refractivity contribution in [2.45, 2.75) is 38.3 Å². The summed E-state index contributed by atoms with van der Waals surface area (Å²) in [6.07, 6.45) is 0.184. The lowest BCUT2D eigenvalue weighted by atomic mass is 10.1. The summed E-state index contributed by atoms with van der Waals surface area (Å²) in [6.45, 7) is 2.92. The van der Waals surface area contributed by atoms with Gasteiger partial charge < -0.3 is 21.1 Å². The van der Waals surface area contributed by atoms with Gasteiger partial charge in [-0.25, -0.2) is 0 Å². The van der Waals surface area contributed by atoms with E-state index in [-0.39, 0.29) is 6.42 Å². The monoisotopic (exact) mass is 283 g/mol. The molecule has 0 aliphatic rings. The highest BCUT2D eigenvalue weighted by molar-refractivity contribution is 5.73. The van der Waals surface area contributed by atoms with Gasteiger partial charge in [-0.2, -0.15) is 0 Å². The van der Waals surface area contributed by atoms with Crippen LogP contribution in [0.2, 0.25) is 0 Å². The molecule has 0 aliphatic heterocycles. The topological polar surface area (TPSA) is 121 Å². The van der Waals surface area contributed by atoms with E-state index < -0.39 is 23.6 Å². The second-order valence-corrected chi connectivity index (χ2v) is 5.02. The second kappa shape index (κ2) is 8.29. The number of nitrogens with two attached hydrogens (primary N) is 1. The molecule has 0 fully saturated rings. The van der Waals surface area contributed by atoms with Gasteiger partial charge in [0.15, 0.2) is 0 Å². The highest BCUT2D eigenvalue weighted by Gasteiger charge is 2.16. The van der Waals surface area contributed by atoms with Crippen LogP contribution in [-0.2, 0) is 16.0 Å². The third-order valence-corrected chi connectivity index (χ3v) is 2.20. The summed E-state index contributed by atoms with van der Waals surface area (Å²) in [5, 5.41) is 25.4. The lowest BCUT2D eigenvalue weighted by Crippen LogP contribution is -2.32. The van der Waals surface area contributed by atoms with E-state index in [9.17, 15) is 9.59 Å². The molecule has 6 nitrogen and oxygen atoms in total. The minimum atomic E-state index is -1.08. The van der Waals surface area contributed by atoms with E-state index in [1.165, 1.54) is 13.8 Å². The van der Waals surface area contributed by atoms with Gasteiger partial charge >= 0.3 is 11.9 Å². The summed E-state index contributed by atoms with van der Waals surface area (Å²) in [7, 11) is 0. The molecule has 20 heavy (non-hydrogen) atoms. The Bertz CT molecular complexity index is 425. The van der Waals surface area contributed by atoms with Gasteiger partial charge in [0.2, 0.25) is 0 Å². The van der Waals surface area contributed by atoms with Crippen molar-refractivity contribution in [3.05, 3.63) is 35.9 Å². The van der Waals surface area contributed by atoms with Crippen LogP contribution in [-0.4, -0.2) is 38.9 Å². The fourth-order valence-corrected chi connectivity index (χ4v) is 1.33. The molecule has 0 amide bonds. The predicted molar refractivity (Wildman–Crippen MR) is 74.3 cm³/mol. The third kappa shape index (κ3) is 10.0. The number of carboxylic acid groups (broad SMARTS) is 2. The molecular formula is C14H21NO5. The van der Waals surface area contributed by atoms with E-state index in [0.717, 1.165) is 5.56 Å². The highest BCUT2D eigenvalue weighted by Crippen LogP contribution is 2.05. The molecule has 0 aliphatic carbocycles. The Morgan fingerprint density at radius 2 is 1.70 bits per heavy atom. The van der Waals surface area contributed by atoms with Gasteiger partial charge in [-0.3, -0.25) is 9.59 Å². The maximum atomic E-state index is 10.4. The Morgan fingerprint density at radius 3 is 2.00 bits per heavy atom. The summed E-state index contributed by atoms with van der Waals surface area (Å²) in [5.74, 6) is -1.93. The molecule has 1 rings (SSSR count). The number of hydrogen-bond acceptors (Lipinski definition) is 4. The number of aliphatic hydroxyl groups is 1. The van der Waals surface area contributed by atoms with Gasteiger partial charge in [-0.05, 0) is 25.8 Å². The van der Waals surface area contributed by atoms with Crippen LogP contribution in [0.4, 0.5) is 0 Å². The Balaban J connectivity index is 0.000000396. The molecule has 112 valence electrons. The van der Waals surface area contributed by atoms with Crippen LogP contribution in [0.1, 0.15) is 25.8 Å². The average Bonchev–Trinajstić information content (AvgIpc) is 2.27. The molecule has 0 heterocycles. The van der Waals surface area contributed by atoms with Crippen LogP contribution >= 0.6 is 0 Å². The quantitative estimate of drug-likeness (QED) is 0.636. The van der Waals surface area contributed by atoms with Crippen molar-refractivity contribution in [2.24, 2.45) is 5.73 Å². The first-order valence-corrected chi connectivity index (χ1v) is 6.08. The minimum absolute atomic E-state index is 0.201. The normalized spacial score (nSPS) is 12.0. The second-order valence-electron chi connectivity index (χ2n) is 5.02. The van der Waals surface area contributed by atoms with E-state index in [2.05, 4.69) is 0 Å². The van der Waals surface area contributed by atoms with Crippen LogP contribution in [0.15, 0.2) is 30.3 Å². The number of carboxylic acids is 2. The molecule has 0 saturated carbocycles. The zero-order chi connectivity index (χ0) is 15.8. The van der Waals surface area contributed by atoms with Crippen LogP contribution in [0.25, 0.3) is 0 Å². The van der Waals surface area contributed by atoms with Crippen LogP contribution in [0.3, 0.4) is 0 Å². The highest BCUT2D eigenvalue weighted by atomic mass is 16.4. The maximum Gasteiger partial charge on any atom is 0.320 e. The van der Waals surface area contributed by atoms with Crippen LogP contribution in [0, 0.1) is 0 Å². The first-order valence-electron chi connectivity index (χ1n) is 6.08. The Labute approximate surface area is 117 Å². The lowest BCUT2D eigenvalue weighted by Gasteiger charge is -2.12. The lowest BCUT2D eigenvalue weighted by molar-refractivity contribution is -0.141. The van der Waals surface area contributed by atoms with Crippen molar-refractivity contribution in [2.75, 3.05) is 0 Å². The minimum Gasteiger partial charge on any atom is -0.481 e. The Hall–Kier alpha value is -1.92. The van der Waals surface area contributed by atoms with Crippen molar-refractivity contribution in [3.8, 4) is 0 Å². The maximum absolute atomic E-state index is 10.4. The van der Waals surface area contributed by atoms with Crippen molar-refractivity contribution in [1.29, 1.82) is 0 Å². The number of rotatable bonds is 5. The summed E-state index contributed by atoms with van der Waals surface area (Å²) in [5.41, 5.74) is 5.22. The van der Waals surface area contributed by atoms with E-state index >= 15 is 0 Å². The van der Waals surface area contributed by atoms with Crippen molar-refractivity contribution in [3.63, 3.8) is 0 Å². The predicted octanol–water partition coefficient (Wildman–Crippen LogP) is 0.873. The number of aliphatic carboxylic acids is 2. The van der Waals surface area contributed by atoms with Gasteiger partial charge in [-0.15, -0.1) is 0 Å². The van der Waals surface area contributed by atoms with E-state index in [1.807, 2.05) is 30.3 Å². The molecular weight excluding hydrogens is 262 g/mol. The molecule has 1 aromatic rings. The third-order valence-electron chi connectivity index (χ3n) is 2.20. The average molecular weight is 283 g/mol. The molecule has 0 aromatic heterocycles. The van der Waals surface area contributed by atoms with Gasteiger partial charge in [0, 0.05) is 0 Å². The van der Waals surface area contributed by atoms with Gasteiger partial charge in [0.1, 0.15) is 6.04 Å². The van der Waals surface area contributed by atoms with Gasteiger partial charge in [0.25, 0.3) is 0 Å². The molecule has 0 unspecified atom stereocenters. The molecule has 0 bridgehead atoms. The standard InChI is InChI=1S/C9H11NO2.C5H10O3/c10-8(9(11)12)6-7-4-2-1-3-5-7;1-5(2,8)3-4(6)7/h1-5,8H,6,10H2,(H,11,12);8H,3H2,1-2H3,(H,6,7)/t8-;/m0./s1. The molecule has 1 aromatic carbocycles. The number of benzene rings is 1. The van der Waals surface area contributed by atoms with E-state index in [4.69, 9.17) is 21.1 Å². The first kappa shape index (κ1) is 18.1. The van der Waals surface area contributed by atoms with Crippen LogP contribution in [0.5, 0.6) is 0 Å². The zero-order valence-electron chi connectivity index (χ0n) is 11.6. The first-order chi connectivity index (χ1) is 9.11. The zero-order valence-corrected chi connectivity index (χ0v) is 11.6. The SMILES string of the molecule is CC(C)(O)CC(=O)O.N[C@@H](Cc1ccccc1)C(=O)O. The Kier molecular flexibility index (Phi) is 7.49. The van der Waals surface area contributed by atoms with Crippen molar-refractivity contribution < 1.29 is 24.9 Å². The van der Waals surface area contributed by atoms with Crippen molar-refractivity contribution in [1.82, 2.24) is 0 Å². The number of carbonyl (C=O) groups is 2. The summed E-state index contributed by atoms with van der Waals surface area (Å²) < 4.78 is 0.